The number of rotatable bonds is 5. The number of aliphatic carboxylic acids is 1. The minimum Gasteiger partial charge on any atom is -0.480 e. The zero-order valence-corrected chi connectivity index (χ0v) is 11.3. The molecule has 3 atom stereocenters. The first-order valence-corrected chi connectivity index (χ1v) is 6.72. The van der Waals surface area contributed by atoms with Gasteiger partial charge < -0.3 is 15.7 Å². The number of carboxylic acids is 1. The molecule has 0 spiro atoms. The minimum atomic E-state index is -0.937. The Kier molecular flexibility index (Phi) is 5.59. The first-order valence-electron chi connectivity index (χ1n) is 6.72. The van der Waals surface area contributed by atoms with Crippen molar-refractivity contribution in [2.45, 2.75) is 45.1 Å². The molecule has 5 nitrogen and oxygen atoms in total. The van der Waals surface area contributed by atoms with E-state index in [0.29, 0.717) is 13.0 Å². The predicted octanol–water partition coefficient (Wildman–Crippen LogP) is 1.07. The van der Waals surface area contributed by atoms with Gasteiger partial charge in [0.15, 0.2) is 0 Å². The molecule has 1 aliphatic rings. The SMILES string of the molecule is CCC(C(=O)O)N(C)C(=O)C1CCCCC1CN. The van der Waals surface area contributed by atoms with Crippen molar-refractivity contribution < 1.29 is 14.7 Å². The highest BCUT2D eigenvalue weighted by Gasteiger charge is 2.35. The van der Waals surface area contributed by atoms with Crippen LogP contribution in [0.2, 0.25) is 0 Å². The van der Waals surface area contributed by atoms with Gasteiger partial charge in [0.2, 0.25) is 5.91 Å². The van der Waals surface area contributed by atoms with Crippen molar-refractivity contribution in [1.29, 1.82) is 0 Å². The second-order valence-corrected chi connectivity index (χ2v) is 5.10. The topological polar surface area (TPSA) is 83.6 Å². The van der Waals surface area contributed by atoms with E-state index in [9.17, 15) is 9.59 Å². The first-order chi connectivity index (χ1) is 8.52. The van der Waals surface area contributed by atoms with Crippen LogP contribution in [-0.4, -0.2) is 41.5 Å². The van der Waals surface area contributed by atoms with Gasteiger partial charge in [-0.2, -0.15) is 0 Å². The van der Waals surface area contributed by atoms with Gasteiger partial charge in [0.1, 0.15) is 6.04 Å². The Hall–Kier alpha value is -1.10. The van der Waals surface area contributed by atoms with Gasteiger partial charge in [-0.1, -0.05) is 19.8 Å². The lowest BCUT2D eigenvalue weighted by molar-refractivity contribution is -0.152. The molecule has 1 aliphatic carbocycles. The molecule has 0 bridgehead atoms. The summed E-state index contributed by atoms with van der Waals surface area (Å²) in [5, 5.41) is 9.10. The molecular formula is C13H24N2O3. The summed E-state index contributed by atoms with van der Waals surface area (Å²) in [6.07, 6.45) is 4.39. The van der Waals surface area contributed by atoms with Crippen molar-refractivity contribution in [3.63, 3.8) is 0 Å². The summed E-state index contributed by atoms with van der Waals surface area (Å²) in [5.74, 6) is -0.880. The second kappa shape index (κ2) is 6.73. The summed E-state index contributed by atoms with van der Waals surface area (Å²) in [7, 11) is 1.59. The highest BCUT2D eigenvalue weighted by Crippen LogP contribution is 2.31. The van der Waals surface area contributed by atoms with Crippen LogP contribution in [0.3, 0.4) is 0 Å². The van der Waals surface area contributed by atoms with Gasteiger partial charge in [0, 0.05) is 13.0 Å². The van der Waals surface area contributed by atoms with E-state index in [1.807, 2.05) is 0 Å². The third-order valence-corrected chi connectivity index (χ3v) is 4.02. The van der Waals surface area contributed by atoms with Gasteiger partial charge in [-0.05, 0) is 31.7 Å². The fraction of sp³-hybridized carbons (Fsp3) is 0.846. The molecule has 0 aromatic rings. The van der Waals surface area contributed by atoms with Crippen LogP contribution >= 0.6 is 0 Å². The number of amides is 1. The van der Waals surface area contributed by atoms with E-state index in [4.69, 9.17) is 10.8 Å². The van der Waals surface area contributed by atoms with Crippen LogP contribution in [0, 0.1) is 11.8 Å². The summed E-state index contributed by atoms with van der Waals surface area (Å²) in [5.41, 5.74) is 5.71. The smallest absolute Gasteiger partial charge is 0.326 e. The third-order valence-electron chi connectivity index (χ3n) is 4.02. The van der Waals surface area contributed by atoms with E-state index in [1.54, 1.807) is 14.0 Å². The molecule has 104 valence electrons. The number of hydrogen-bond acceptors (Lipinski definition) is 3. The monoisotopic (exact) mass is 256 g/mol. The number of hydrogen-bond donors (Lipinski definition) is 2. The molecule has 3 unspecified atom stereocenters. The number of likely N-dealkylation sites (N-methyl/N-ethyl adjacent to an activating group) is 1. The Morgan fingerprint density at radius 1 is 1.39 bits per heavy atom. The number of carbonyl (C=O) groups is 2. The maximum absolute atomic E-state index is 12.4. The molecule has 1 amide bonds. The summed E-state index contributed by atoms with van der Waals surface area (Å²) < 4.78 is 0. The van der Waals surface area contributed by atoms with Crippen molar-refractivity contribution in [2.75, 3.05) is 13.6 Å². The van der Waals surface area contributed by atoms with E-state index in [2.05, 4.69) is 0 Å². The van der Waals surface area contributed by atoms with Crippen molar-refractivity contribution in [1.82, 2.24) is 4.90 Å². The van der Waals surface area contributed by atoms with Crippen LogP contribution in [0.5, 0.6) is 0 Å². The van der Waals surface area contributed by atoms with Crippen LogP contribution in [0.4, 0.5) is 0 Å². The quantitative estimate of drug-likeness (QED) is 0.770. The summed E-state index contributed by atoms with van der Waals surface area (Å²) >= 11 is 0. The van der Waals surface area contributed by atoms with E-state index in [1.165, 1.54) is 4.90 Å². The van der Waals surface area contributed by atoms with E-state index in [0.717, 1.165) is 25.7 Å². The number of carboxylic acid groups (broad SMARTS) is 1. The molecule has 3 N–H and O–H groups in total. The maximum Gasteiger partial charge on any atom is 0.326 e. The predicted molar refractivity (Wildman–Crippen MR) is 69.0 cm³/mol. The van der Waals surface area contributed by atoms with Crippen LogP contribution < -0.4 is 5.73 Å². The van der Waals surface area contributed by atoms with E-state index < -0.39 is 12.0 Å². The highest BCUT2D eigenvalue weighted by atomic mass is 16.4. The van der Waals surface area contributed by atoms with Gasteiger partial charge in [0.25, 0.3) is 0 Å². The lowest BCUT2D eigenvalue weighted by Gasteiger charge is -2.34. The fourth-order valence-corrected chi connectivity index (χ4v) is 2.84. The van der Waals surface area contributed by atoms with Gasteiger partial charge >= 0.3 is 5.97 Å². The molecule has 0 radical (unpaired) electrons. The molecular weight excluding hydrogens is 232 g/mol. The van der Waals surface area contributed by atoms with Crippen molar-refractivity contribution >= 4 is 11.9 Å². The van der Waals surface area contributed by atoms with Crippen LogP contribution in [0.1, 0.15) is 39.0 Å². The van der Waals surface area contributed by atoms with Crippen molar-refractivity contribution in [3.8, 4) is 0 Å². The molecule has 0 aliphatic heterocycles. The highest BCUT2D eigenvalue weighted by molar-refractivity contribution is 5.85. The number of nitrogens with zero attached hydrogens (tertiary/aromatic N) is 1. The molecule has 18 heavy (non-hydrogen) atoms. The molecule has 5 heteroatoms. The zero-order chi connectivity index (χ0) is 13.7. The normalized spacial score (nSPS) is 25.5. The van der Waals surface area contributed by atoms with Gasteiger partial charge in [-0.3, -0.25) is 4.79 Å². The molecule has 1 rings (SSSR count). The fourth-order valence-electron chi connectivity index (χ4n) is 2.84. The van der Waals surface area contributed by atoms with Gasteiger partial charge in [-0.25, -0.2) is 4.79 Å². The van der Waals surface area contributed by atoms with E-state index >= 15 is 0 Å². The molecule has 0 saturated heterocycles. The Balaban J connectivity index is 2.74. The number of carbonyl (C=O) groups excluding carboxylic acids is 1. The Labute approximate surface area is 108 Å². The zero-order valence-electron chi connectivity index (χ0n) is 11.3. The molecule has 1 saturated carbocycles. The molecule has 1 fully saturated rings. The Bertz CT molecular complexity index is 307. The van der Waals surface area contributed by atoms with Gasteiger partial charge in [0.05, 0.1) is 0 Å². The maximum atomic E-state index is 12.4. The molecule has 0 aromatic heterocycles. The van der Waals surface area contributed by atoms with E-state index in [-0.39, 0.29) is 17.7 Å². The van der Waals surface area contributed by atoms with Crippen LogP contribution in [0.25, 0.3) is 0 Å². The summed E-state index contributed by atoms with van der Waals surface area (Å²) in [6.45, 7) is 2.29. The third kappa shape index (κ3) is 3.22. The second-order valence-electron chi connectivity index (χ2n) is 5.10. The lowest BCUT2D eigenvalue weighted by atomic mass is 9.78. The average molecular weight is 256 g/mol. The lowest BCUT2D eigenvalue weighted by Crippen LogP contribution is -2.47. The van der Waals surface area contributed by atoms with Crippen LogP contribution in [0.15, 0.2) is 0 Å². The Morgan fingerprint density at radius 3 is 2.50 bits per heavy atom. The largest absolute Gasteiger partial charge is 0.480 e. The Morgan fingerprint density at radius 2 is 2.00 bits per heavy atom. The summed E-state index contributed by atoms with van der Waals surface area (Å²) in [6, 6.07) is -0.724. The number of nitrogens with two attached hydrogens (primary N) is 1. The molecule has 0 aromatic carbocycles. The standard InChI is InChI=1S/C13H24N2O3/c1-3-11(13(17)18)15(2)12(16)10-7-5-4-6-9(10)8-14/h9-11H,3-8,14H2,1-2H3,(H,17,18). The minimum absolute atomic E-state index is 0.0561. The summed E-state index contributed by atoms with van der Waals surface area (Å²) in [4.78, 5) is 24.9. The first kappa shape index (κ1) is 15.0. The average Bonchev–Trinajstić information content (AvgIpc) is 2.38. The van der Waals surface area contributed by atoms with Gasteiger partial charge in [-0.15, -0.1) is 0 Å². The van der Waals surface area contributed by atoms with Crippen LogP contribution in [-0.2, 0) is 9.59 Å². The molecule has 0 heterocycles. The van der Waals surface area contributed by atoms with Crippen molar-refractivity contribution in [2.24, 2.45) is 17.6 Å². The van der Waals surface area contributed by atoms with Crippen molar-refractivity contribution in [3.05, 3.63) is 0 Å².